The topological polar surface area (TPSA) is 60.7 Å². The number of rotatable bonds is 9. The zero-order valence-corrected chi connectivity index (χ0v) is 18.9. The average Bonchev–Trinajstić information content (AvgIpc) is 2.99. The van der Waals surface area contributed by atoms with E-state index in [-0.39, 0.29) is 30.6 Å². The van der Waals surface area contributed by atoms with E-state index in [1.54, 1.807) is 0 Å². The summed E-state index contributed by atoms with van der Waals surface area (Å²) < 4.78 is 0. The van der Waals surface area contributed by atoms with Crippen LogP contribution in [0.2, 0.25) is 0 Å². The number of aliphatic hydroxyl groups excluding tert-OH is 3. The molecule has 1 fully saturated rings. The minimum absolute atomic E-state index is 0.0293. The van der Waals surface area contributed by atoms with Gasteiger partial charge in [-0.2, -0.15) is 0 Å². The maximum atomic E-state index is 10.6. The van der Waals surface area contributed by atoms with Crippen LogP contribution in [-0.4, -0.2) is 26.8 Å². The van der Waals surface area contributed by atoms with Gasteiger partial charge in [-0.25, -0.2) is 0 Å². The monoisotopic (exact) mass is 430 g/mol. The van der Waals surface area contributed by atoms with Gasteiger partial charge in [-0.05, 0) is 97.6 Å². The second-order valence-corrected chi connectivity index (χ2v) is 9.48. The first-order valence-corrected chi connectivity index (χ1v) is 11.6. The standard InChI is InChI=1S/C26H35ClO3/c1-17-11-20(12-18(2)24(17)16-29)9-10-22-23(26(30)14-25(22)27)8-4-6-19-5-3-7-21(13-19)15-28/h3,5,7,11-13,22-23,25-26,28-30H,4,6,8-10,14-16H2,1-2H3/t22-,23-,25?,26?/m1/s1. The Morgan fingerprint density at radius 2 is 1.57 bits per heavy atom. The van der Waals surface area contributed by atoms with E-state index in [2.05, 4.69) is 38.1 Å². The molecule has 30 heavy (non-hydrogen) atoms. The lowest BCUT2D eigenvalue weighted by Gasteiger charge is -2.24. The van der Waals surface area contributed by atoms with Crippen LogP contribution in [0.1, 0.15) is 59.1 Å². The number of hydrogen-bond donors (Lipinski definition) is 3. The molecule has 3 N–H and O–H groups in total. The van der Waals surface area contributed by atoms with Gasteiger partial charge in [-0.1, -0.05) is 36.4 Å². The lowest BCUT2D eigenvalue weighted by Crippen LogP contribution is -2.21. The van der Waals surface area contributed by atoms with Crippen molar-refractivity contribution in [1.29, 1.82) is 0 Å². The first kappa shape index (κ1) is 23.3. The van der Waals surface area contributed by atoms with Gasteiger partial charge in [0.2, 0.25) is 0 Å². The third-order valence-electron chi connectivity index (χ3n) is 6.83. The summed E-state index contributed by atoms with van der Waals surface area (Å²) in [6, 6.07) is 12.5. The Balaban J connectivity index is 1.59. The number of hydrogen-bond acceptors (Lipinski definition) is 3. The highest BCUT2D eigenvalue weighted by atomic mass is 35.5. The third kappa shape index (κ3) is 5.64. The molecule has 1 saturated carbocycles. The lowest BCUT2D eigenvalue weighted by atomic mass is 9.84. The van der Waals surface area contributed by atoms with Gasteiger partial charge in [0.15, 0.2) is 0 Å². The highest BCUT2D eigenvalue weighted by Crippen LogP contribution is 2.41. The first-order valence-electron chi connectivity index (χ1n) is 11.1. The minimum Gasteiger partial charge on any atom is -0.393 e. The summed E-state index contributed by atoms with van der Waals surface area (Å²) in [5.74, 6) is 0.566. The molecule has 1 aliphatic carbocycles. The zero-order valence-electron chi connectivity index (χ0n) is 18.1. The Morgan fingerprint density at radius 3 is 2.23 bits per heavy atom. The molecule has 3 nitrogen and oxygen atoms in total. The number of aryl methyl sites for hydroxylation is 4. The Morgan fingerprint density at radius 1 is 0.867 bits per heavy atom. The van der Waals surface area contributed by atoms with E-state index in [4.69, 9.17) is 11.6 Å². The average molecular weight is 431 g/mol. The minimum atomic E-state index is -0.318. The van der Waals surface area contributed by atoms with Crippen molar-refractivity contribution >= 4 is 11.6 Å². The molecule has 0 saturated heterocycles. The molecule has 0 bridgehead atoms. The lowest BCUT2D eigenvalue weighted by molar-refractivity contribution is 0.108. The molecule has 0 heterocycles. The molecular formula is C26H35ClO3. The van der Waals surface area contributed by atoms with Gasteiger partial charge in [-0.3, -0.25) is 0 Å². The molecule has 4 atom stereocenters. The fraction of sp³-hybridized carbons (Fsp3) is 0.538. The van der Waals surface area contributed by atoms with Gasteiger partial charge in [0.1, 0.15) is 0 Å². The molecule has 1 aliphatic rings. The van der Waals surface area contributed by atoms with E-state index >= 15 is 0 Å². The summed E-state index contributed by atoms with van der Waals surface area (Å²) in [5.41, 5.74) is 6.78. The molecular weight excluding hydrogens is 396 g/mol. The molecule has 0 aliphatic heterocycles. The second-order valence-electron chi connectivity index (χ2n) is 8.92. The quantitative estimate of drug-likeness (QED) is 0.498. The first-order chi connectivity index (χ1) is 14.4. The molecule has 0 aromatic heterocycles. The van der Waals surface area contributed by atoms with Crippen molar-refractivity contribution in [2.75, 3.05) is 0 Å². The Hall–Kier alpha value is -1.39. The predicted octanol–water partition coefficient (Wildman–Crippen LogP) is 4.85. The number of alkyl halides is 1. The maximum absolute atomic E-state index is 10.6. The fourth-order valence-electron chi connectivity index (χ4n) is 5.17. The van der Waals surface area contributed by atoms with Crippen LogP contribution >= 0.6 is 11.6 Å². The van der Waals surface area contributed by atoms with E-state index in [9.17, 15) is 15.3 Å². The van der Waals surface area contributed by atoms with Crippen molar-refractivity contribution in [1.82, 2.24) is 0 Å². The van der Waals surface area contributed by atoms with Crippen LogP contribution in [0.5, 0.6) is 0 Å². The van der Waals surface area contributed by atoms with Gasteiger partial charge in [0.05, 0.1) is 19.3 Å². The highest BCUT2D eigenvalue weighted by Gasteiger charge is 2.40. The summed E-state index contributed by atoms with van der Waals surface area (Å²) in [6.45, 7) is 4.27. The molecule has 0 amide bonds. The predicted molar refractivity (Wildman–Crippen MR) is 123 cm³/mol. The van der Waals surface area contributed by atoms with Gasteiger partial charge in [0, 0.05) is 5.38 Å². The number of aliphatic hydroxyl groups is 3. The SMILES string of the molecule is Cc1cc(CC[C@H]2C(Cl)CC(O)[C@@H]2CCCc2cccc(CO)c2)cc(C)c1CO. The molecule has 2 unspecified atom stereocenters. The molecule has 2 aromatic rings. The molecule has 4 heteroatoms. The molecule has 164 valence electrons. The summed E-state index contributed by atoms with van der Waals surface area (Å²) in [5, 5.41) is 29.5. The maximum Gasteiger partial charge on any atom is 0.0686 e. The summed E-state index contributed by atoms with van der Waals surface area (Å²) in [4.78, 5) is 0. The van der Waals surface area contributed by atoms with Gasteiger partial charge >= 0.3 is 0 Å². The largest absolute Gasteiger partial charge is 0.393 e. The van der Waals surface area contributed by atoms with Crippen molar-refractivity contribution in [2.45, 2.75) is 77.1 Å². The van der Waals surface area contributed by atoms with Crippen LogP contribution in [0.15, 0.2) is 36.4 Å². The molecule has 2 aromatic carbocycles. The number of halogens is 1. The van der Waals surface area contributed by atoms with Crippen molar-refractivity contribution in [3.8, 4) is 0 Å². The summed E-state index contributed by atoms with van der Waals surface area (Å²) >= 11 is 6.66. The Labute approximate surface area is 185 Å². The fourth-order valence-corrected chi connectivity index (χ4v) is 5.67. The van der Waals surface area contributed by atoms with Crippen molar-refractivity contribution < 1.29 is 15.3 Å². The molecule has 3 rings (SSSR count). The molecule has 0 spiro atoms. The van der Waals surface area contributed by atoms with Crippen LogP contribution in [-0.2, 0) is 26.1 Å². The Bertz CT molecular complexity index is 812. The van der Waals surface area contributed by atoms with E-state index in [0.29, 0.717) is 12.3 Å². The highest BCUT2D eigenvalue weighted by molar-refractivity contribution is 6.21. The van der Waals surface area contributed by atoms with Crippen molar-refractivity contribution in [2.24, 2.45) is 11.8 Å². The normalized spacial score (nSPS) is 23.8. The smallest absolute Gasteiger partial charge is 0.0686 e. The zero-order chi connectivity index (χ0) is 21.7. The summed E-state index contributed by atoms with van der Waals surface area (Å²) in [6.07, 6.45) is 5.23. The van der Waals surface area contributed by atoms with E-state index in [0.717, 1.165) is 54.4 Å². The van der Waals surface area contributed by atoms with Crippen LogP contribution in [0.4, 0.5) is 0 Å². The van der Waals surface area contributed by atoms with Crippen LogP contribution < -0.4 is 0 Å². The number of benzene rings is 2. The summed E-state index contributed by atoms with van der Waals surface area (Å²) in [7, 11) is 0. The molecule has 0 radical (unpaired) electrons. The van der Waals surface area contributed by atoms with Crippen molar-refractivity contribution in [3.05, 3.63) is 69.8 Å². The Kier molecular flexibility index (Phi) is 8.35. The van der Waals surface area contributed by atoms with Gasteiger partial charge < -0.3 is 15.3 Å². The van der Waals surface area contributed by atoms with Crippen LogP contribution in [0.25, 0.3) is 0 Å². The second kappa shape index (κ2) is 10.8. The van der Waals surface area contributed by atoms with Crippen LogP contribution in [0, 0.1) is 25.7 Å². The van der Waals surface area contributed by atoms with E-state index < -0.39 is 0 Å². The van der Waals surface area contributed by atoms with Gasteiger partial charge in [-0.15, -0.1) is 11.6 Å². The van der Waals surface area contributed by atoms with Crippen molar-refractivity contribution in [3.63, 3.8) is 0 Å². The van der Waals surface area contributed by atoms with Gasteiger partial charge in [0.25, 0.3) is 0 Å². The van der Waals surface area contributed by atoms with E-state index in [1.807, 2.05) is 12.1 Å². The van der Waals surface area contributed by atoms with Crippen LogP contribution in [0.3, 0.4) is 0 Å². The van der Waals surface area contributed by atoms with E-state index in [1.165, 1.54) is 11.1 Å². The third-order valence-corrected chi connectivity index (χ3v) is 7.33.